The molecule has 3 heteroatoms. The van der Waals surface area contributed by atoms with Gasteiger partial charge in [0.05, 0.1) is 7.11 Å². The van der Waals surface area contributed by atoms with Crippen molar-refractivity contribution in [2.24, 2.45) is 0 Å². The highest BCUT2D eigenvalue weighted by molar-refractivity contribution is 5.66. The first-order valence-corrected chi connectivity index (χ1v) is 8.90. The number of hydrogen-bond donors (Lipinski definition) is 2. The van der Waals surface area contributed by atoms with Crippen LogP contribution in [0.15, 0.2) is 66.7 Å². The Morgan fingerprint density at radius 3 is 1.92 bits per heavy atom. The van der Waals surface area contributed by atoms with Gasteiger partial charge in [-0.15, -0.1) is 0 Å². The largest absolute Gasteiger partial charge is 0.508 e. The van der Waals surface area contributed by atoms with Gasteiger partial charge < -0.3 is 14.9 Å². The van der Waals surface area contributed by atoms with E-state index < -0.39 is 0 Å². The first-order chi connectivity index (χ1) is 12.7. The van der Waals surface area contributed by atoms with Crippen LogP contribution in [0.3, 0.4) is 0 Å². The van der Waals surface area contributed by atoms with Crippen LogP contribution >= 0.6 is 0 Å². The molecule has 0 spiro atoms. The maximum Gasteiger partial charge on any atom is 0.122 e. The molecule has 0 heterocycles. The summed E-state index contributed by atoms with van der Waals surface area (Å²) in [5.74, 6) is 1.48. The zero-order valence-electron chi connectivity index (χ0n) is 15.0. The zero-order valence-corrected chi connectivity index (χ0v) is 15.0. The number of aromatic hydroxyl groups is 2. The summed E-state index contributed by atoms with van der Waals surface area (Å²) in [6, 6.07) is 20.9. The molecule has 3 rings (SSSR count). The van der Waals surface area contributed by atoms with E-state index in [1.807, 2.05) is 24.3 Å². The molecule has 3 nitrogen and oxygen atoms in total. The van der Waals surface area contributed by atoms with Crippen LogP contribution in [-0.2, 0) is 12.8 Å². The van der Waals surface area contributed by atoms with Crippen LogP contribution in [-0.4, -0.2) is 17.3 Å². The summed E-state index contributed by atoms with van der Waals surface area (Å²) >= 11 is 0. The minimum atomic E-state index is 0.269. The molecule has 0 aromatic heterocycles. The molecule has 0 unspecified atom stereocenters. The Morgan fingerprint density at radius 2 is 1.27 bits per heavy atom. The second-order valence-corrected chi connectivity index (χ2v) is 6.45. The first-order valence-electron chi connectivity index (χ1n) is 8.90. The van der Waals surface area contributed by atoms with Gasteiger partial charge in [0.1, 0.15) is 17.2 Å². The lowest BCUT2D eigenvalue weighted by Gasteiger charge is -2.11. The van der Waals surface area contributed by atoms with Gasteiger partial charge in [0, 0.05) is 0 Å². The third-order valence-corrected chi connectivity index (χ3v) is 4.59. The minimum Gasteiger partial charge on any atom is -0.508 e. The summed E-state index contributed by atoms with van der Waals surface area (Å²) < 4.78 is 5.58. The van der Waals surface area contributed by atoms with E-state index >= 15 is 0 Å². The average Bonchev–Trinajstić information content (AvgIpc) is 2.67. The highest BCUT2D eigenvalue weighted by atomic mass is 16.5. The normalized spacial score (nSPS) is 10.7. The molecule has 3 aromatic rings. The van der Waals surface area contributed by atoms with E-state index in [1.165, 1.54) is 11.1 Å². The summed E-state index contributed by atoms with van der Waals surface area (Å²) in [5, 5.41) is 18.8. The summed E-state index contributed by atoms with van der Waals surface area (Å²) in [5.41, 5.74) is 4.59. The van der Waals surface area contributed by atoms with Crippen LogP contribution in [0.25, 0.3) is 11.1 Å². The number of hydrogen-bond acceptors (Lipinski definition) is 3. The molecule has 0 radical (unpaired) electrons. The van der Waals surface area contributed by atoms with Crippen molar-refractivity contribution < 1.29 is 14.9 Å². The quantitative estimate of drug-likeness (QED) is 0.567. The molecule has 0 aliphatic heterocycles. The lowest BCUT2D eigenvalue weighted by atomic mass is 9.99. The summed E-state index contributed by atoms with van der Waals surface area (Å²) in [6.07, 6.45) is 4.15. The zero-order chi connectivity index (χ0) is 18.4. The summed E-state index contributed by atoms with van der Waals surface area (Å²) in [6.45, 7) is 0. The van der Waals surface area contributed by atoms with E-state index in [9.17, 15) is 10.2 Å². The van der Waals surface area contributed by atoms with E-state index in [-0.39, 0.29) is 5.75 Å². The summed E-state index contributed by atoms with van der Waals surface area (Å²) in [7, 11) is 1.70. The molecule has 134 valence electrons. The van der Waals surface area contributed by atoms with E-state index in [0.717, 1.165) is 42.6 Å². The number of methoxy groups -OCH3 is 1. The molecule has 0 atom stereocenters. The Balaban J connectivity index is 1.60. The van der Waals surface area contributed by atoms with E-state index in [2.05, 4.69) is 18.2 Å². The Morgan fingerprint density at radius 1 is 0.692 bits per heavy atom. The van der Waals surface area contributed by atoms with Gasteiger partial charge in [0.25, 0.3) is 0 Å². The topological polar surface area (TPSA) is 49.7 Å². The van der Waals surface area contributed by atoms with Crippen molar-refractivity contribution in [2.45, 2.75) is 25.7 Å². The van der Waals surface area contributed by atoms with Crippen molar-refractivity contribution in [1.82, 2.24) is 0 Å². The number of phenols is 2. The standard InChI is InChI=1S/C23H24O3/c1-26-23-16-20(18-10-14-22(25)15-11-18)9-8-19(23)5-3-2-4-17-6-12-21(24)13-7-17/h6-16,24-25H,2-5H2,1H3. The van der Waals surface area contributed by atoms with Crippen LogP contribution in [0, 0.1) is 0 Å². The molecular formula is C23H24O3. The van der Waals surface area contributed by atoms with Gasteiger partial charge in [-0.05, 0) is 78.3 Å². The molecule has 0 aliphatic carbocycles. The van der Waals surface area contributed by atoms with Gasteiger partial charge in [-0.3, -0.25) is 0 Å². The Labute approximate surface area is 154 Å². The fraction of sp³-hybridized carbons (Fsp3) is 0.217. The predicted octanol–water partition coefficient (Wildman–Crippen LogP) is 5.34. The number of ether oxygens (including phenoxy) is 1. The van der Waals surface area contributed by atoms with Gasteiger partial charge in [-0.25, -0.2) is 0 Å². The SMILES string of the molecule is COc1cc(-c2ccc(O)cc2)ccc1CCCCc1ccc(O)cc1. The molecule has 0 saturated carbocycles. The molecule has 0 aliphatic rings. The van der Waals surface area contributed by atoms with Gasteiger partial charge in [-0.1, -0.05) is 36.4 Å². The van der Waals surface area contributed by atoms with Crippen molar-refractivity contribution in [3.05, 3.63) is 77.9 Å². The lowest BCUT2D eigenvalue weighted by Crippen LogP contribution is -1.94. The number of unbranched alkanes of at least 4 members (excludes halogenated alkanes) is 1. The maximum absolute atomic E-state index is 9.43. The Kier molecular flexibility index (Phi) is 5.80. The average molecular weight is 348 g/mol. The predicted molar refractivity (Wildman–Crippen MR) is 105 cm³/mol. The molecule has 3 aromatic carbocycles. The molecule has 0 fully saturated rings. The van der Waals surface area contributed by atoms with Crippen LogP contribution in [0.2, 0.25) is 0 Å². The molecule has 0 saturated heterocycles. The molecule has 26 heavy (non-hydrogen) atoms. The van der Waals surface area contributed by atoms with Crippen molar-refractivity contribution in [2.75, 3.05) is 7.11 Å². The highest BCUT2D eigenvalue weighted by Gasteiger charge is 2.06. The highest BCUT2D eigenvalue weighted by Crippen LogP contribution is 2.29. The fourth-order valence-electron chi connectivity index (χ4n) is 3.09. The molecule has 2 N–H and O–H groups in total. The van der Waals surface area contributed by atoms with E-state index in [4.69, 9.17) is 4.74 Å². The third-order valence-electron chi connectivity index (χ3n) is 4.59. The van der Waals surface area contributed by atoms with E-state index in [1.54, 1.807) is 31.4 Å². The smallest absolute Gasteiger partial charge is 0.122 e. The molecular weight excluding hydrogens is 324 g/mol. The van der Waals surface area contributed by atoms with Crippen molar-refractivity contribution in [3.8, 4) is 28.4 Å². The minimum absolute atomic E-state index is 0.269. The number of phenolic OH excluding ortho intramolecular Hbond substituents is 2. The van der Waals surface area contributed by atoms with Crippen molar-refractivity contribution in [1.29, 1.82) is 0 Å². The van der Waals surface area contributed by atoms with Crippen molar-refractivity contribution >= 4 is 0 Å². The van der Waals surface area contributed by atoms with Gasteiger partial charge in [-0.2, -0.15) is 0 Å². The maximum atomic E-state index is 9.43. The number of benzene rings is 3. The Bertz CT molecular complexity index is 836. The third kappa shape index (κ3) is 4.57. The van der Waals surface area contributed by atoms with Gasteiger partial charge in [0.15, 0.2) is 0 Å². The second kappa shape index (κ2) is 8.43. The lowest BCUT2D eigenvalue weighted by molar-refractivity contribution is 0.409. The monoisotopic (exact) mass is 348 g/mol. The Hall–Kier alpha value is -2.94. The van der Waals surface area contributed by atoms with Crippen LogP contribution < -0.4 is 4.74 Å². The van der Waals surface area contributed by atoms with E-state index in [0.29, 0.717) is 5.75 Å². The number of aryl methyl sites for hydroxylation is 2. The second-order valence-electron chi connectivity index (χ2n) is 6.45. The van der Waals surface area contributed by atoms with Gasteiger partial charge >= 0.3 is 0 Å². The van der Waals surface area contributed by atoms with Crippen LogP contribution in [0.4, 0.5) is 0 Å². The van der Waals surface area contributed by atoms with Gasteiger partial charge in [0.2, 0.25) is 0 Å². The van der Waals surface area contributed by atoms with Crippen LogP contribution in [0.1, 0.15) is 24.0 Å². The summed E-state index contributed by atoms with van der Waals surface area (Å²) in [4.78, 5) is 0. The fourth-order valence-corrected chi connectivity index (χ4v) is 3.09. The first kappa shape index (κ1) is 17.9. The molecule has 0 amide bonds. The van der Waals surface area contributed by atoms with Crippen LogP contribution in [0.5, 0.6) is 17.2 Å². The van der Waals surface area contributed by atoms with Crippen molar-refractivity contribution in [3.63, 3.8) is 0 Å². The molecule has 0 bridgehead atoms. The number of rotatable bonds is 7.